The van der Waals surface area contributed by atoms with Gasteiger partial charge in [0.05, 0.1) is 6.42 Å². The van der Waals surface area contributed by atoms with Crippen LogP contribution in [0.1, 0.15) is 6.42 Å². The van der Waals surface area contributed by atoms with Crippen molar-refractivity contribution in [3.8, 4) is 0 Å². The standard InChI is InChI=1S/C9H17N3O6/c10-5(8(15)16)4-11-1-2-12-6(9(17)18)3-7(13)14/h5-6,11-12H,1-4,10H2,(H,13,14)(H,15,16)(H,17,18)/t5-,6-/m0/s1. The van der Waals surface area contributed by atoms with Crippen LogP contribution in [-0.2, 0) is 14.4 Å². The van der Waals surface area contributed by atoms with Gasteiger partial charge < -0.3 is 31.7 Å². The highest BCUT2D eigenvalue weighted by molar-refractivity contribution is 5.80. The van der Waals surface area contributed by atoms with Crippen LogP contribution in [-0.4, -0.2) is 64.9 Å². The summed E-state index contributed by atoms with van der Waals surface area (Å²) in [5.41, 5.74) is 5.22. The molecule has 0 saturated carbocycles. The minimum absolute atomic E-state index is 0.0493. The topological polar surface area (TPSA) is 162 Å². The Morgan fingerprint density at radius 3 is 2.11 bits per heavy atom. The van der Waals surface area contributed by atoms with E-state index < -0.39 is 36.4 Å². The first kappa shape index (κ1) is 16.3. The van der Waals surface area contributed by atoms with Crippen LogP contribution in [0, 0.1) is 0 Å². The molecule has 18 heavy (non-hydrogen) atoms. The molecule has 0 aromatic heterocycles. The quantitative estimate of drug-likeness (QED) is 0.234. The maximum Gasteiger partial charge on any atom is 0.321 e. The molecule has 0 heterocycles. The van der Waals surface area contributed by atoms with Crippen molar-refractivity contribution in [3.63, 3.8) is 0 Å². The fourth-order valence-corrected chi connectivity index (χ4v) is 1.10. The highest BCUT2D eigenvalue weighted by Crippen LogP contribution is 1.91. The molecule has 7 N–H and O–H groups in total. The zero-order valence-corrected chi connectivity index (χ0v) is 9.63. The van der Waals surface area contributed by atoms with Gasteiger partial charge in [0.15, 0.2) is 0 Å². The van der Waals surface area contributed by atoms with Crippen molar-refractivity contribution >= 4 is 17.9 Å². The molecule has 0 rings (SSSR count). The molecule has 0 radical (unpaired) electrons. The van der Waals surface area contributed by atoms with Gasteiger partial charge in [-0.2, -0.15) is 0 Å². The summed E-state index contributed by atoms with van der Waals surface area (Å²) in [4.78, 5) is 31.4. The molecule has 0 amide bonds. The van der Waals surface area contributed by atoms with Gasteiger partial charge in [0.2, 0.25) is 0 Å². The molecular weight excluding hydrogens is 246 g/mol. The summed E-state index contributed by atoms with van der Waals surface area (Å²) in [6.45, 7) is 0.522. The van der Waals surface area contributed by atoms with Gasteiger partial charge in [0.25, 0.3) is 0 Å². The Labute approximate surface area is 103 Å². The van der Waals surface area contributed by atoms with E-state index in [-0.39, 0.29) is 19.6 Å². The predicted octanol–water partition coefficient (Wildman–Crippen LogP) is -2.49. The molecule has 0 unspecified atom stereocenters. The molecule has 2 atom stereocenters. The van der Waals surface area contributed by atoms with Crippen molar-refractivity contribution in [2.75, 3.05) is 19.6 Å². The van der Waals surface area contributed by atoms with E-state index in [2.05, 4.69) is 10.6 Å². The smallest absolute Gasteiger partial charge is 0.321 e. The molecule has 0 bridgehead atoms. The molecule has 0 fully saturated rings. The molecule has 0 aliphatic carbocycles. The molecule has 9 nitrogen and oxygen atoms in total. The molecule has 0 spiro atoms. The van der Waals surface area contributed by atoms with Crippen molar-refractivity contribution in [1.29, 1.82) is 0 Å². The van der Waals surface area contributed by atoms with Crippen LogP contribution in [0.2, 0.25) is 0 Å². The molecule has 0 aliphatic rings. The second-order valence-corrected chi connectivity index (χ2v) is 3.59. The van der Waals surface area contributed by atoms with Crippen molar-refractivity contribution in [2.24, 2.45) is 5.73 Å². The number of nitrogens with one attached hydrogen (secondary N) is 2. The lowest BCUT2D eigenvalue weighted by Crippen LogP contribution is -2.45. The lowest BCUT2D eigenvalue weighted by atomic mass is 10.2. The average molecular weight is 263 g/mol. The van der Waals surface area contributed by atoms with Gasteiger partial charge in [-0.25, -0.2) is 0 Å². The van der Waals surface area contributed by atoms with E-state index in [0.29, 0.717) is 0 Å². The van der Waals surface area contributed by atoms with Gasteiger partial charge in [0.1, 0.15) is 12.1 Å². The highest BCUT2D eigenvalue weighted by atomic mass is 16.4. The average Bonchev–Trinajstić information content (AvgIpc) is 2.25. The van der Waals surface area contributed by atoms with Crippen LogP contribution in [0.3, 0.4) is 0 Å². The summed E-state index contributed by atoms with van der Waals surface area (Å²) < 4.78 is 0. The second-order valence-electron chi connectivity index (χ2n) is 3.59. The zero-order valence-electron chi connectivity index (χ0n) is 9.63. The summed E-state index contributed by atoms with van der Waals surface area (Å²) in [6.07, 6.45) is -0.524. The third-order valence-electron chi connectivity index (χ3n) is 2.05. The van der Waals surface area contributed by atoms with Crippen LogP contribution in [0.4, 0.5) is 0 Å². The molecule has 0 saturated heterocycles. The monoisotopic (exact) mass is 263 g/mol. The SMILES string of the molecule is N[C@@H](CNCCN[C@@H](CC(=O)O)C(=O)O)C(=O)O. The molecule has 0 aliphatic heterocycles. The van der Waals surface area contributed by atoms with E-state index in [4.69, 9.17) is 21.1 Å². The number of rotatable bonds is 10. The predicted molar refractivity (Wildman–Crippen MR) is 60.2 cm³/mol. The van der Waals surface area contributed by atoms with Gasteiger partial charge >= 0.3 is 17.9 Å². The van der Waals surface area contributed by atoms with E-state index in [1.807, 2.05) is 0 Å². The Bertz CT molecular complexity index is 309. The number of carboxylic acid groups (broad SMARTS) is 3. The van der Waals surface area contributed by atoms with Crippen LogP contribution in [0.25, 0.3) is 0 Å². The van der Waals surface area contributed by atoms with E-state index in [1.54, 1.807) is 0 Å². The fourth-order valence-electron chi connectivity index (χ4n) is 1.10. The first-order valence-electron chi connectivity index (χ1n) is 5.21. The van der Waals surface area contributed by atoms with E-state index in [9.17, 15) is 14.4 Å². The first-order chi connectivity index (χ1) is 8.34. The summed E-state index contributed by atoms with van der Waals surface area (Å²) >= 11 is 0. The molecular formula is C9H17N3O6. The van der Waals surface area contributed by atoms with Crippen LogP contribution in [0.5, 0.6) is 0 Å². The number of carbonyl (C=O) groups is 3. The van der Waals surface area contributed by atoms with Gasteiger partial charge in [0, 0.05) is 19.6 Å². The Kier molecular flexibility index (Phi) is 7.59. The number of aliphatic carboxylic acids is 3. The molecule has 9 heteroatoms. The normalized spacial score (nSPS) is 13.8. The zero-order chi connectivity index (χ0) is 14.1. The molecule has 0 aromatic rings. The third-order valence-corrected chi connectivity index (χ3v) is 2.05. The number of nitrogens with two attached hydrogens (primary N) is 1. The second kappa shape index (κ2) is 8.39. The Balaban J connectivity index is 3.77. The minimum Gasteiger partial charge on any atom is -0.481 e. The van der Waals surface area contributed by atoms with Gasteiger partial charge in [-0.15, -0.1) is 0 Å². The van der Waals surface area contributed by atoms with E-state index in [0.717, 1.165) is 0 Å². The maximum absolute atomic E-state index is 10.7. The number of hydrogen-bond donors (Lipinski definition) is 6. The summed E-state index contributed by atoms with van der Waals surface area (Å²) in [7, 11) is 0. The lowest BCUT2D eigenvalue weighted by Gasteiger charge is -2.13. The van der Waals surface area contributed by atoms with Gasteiger partial charge in [-0.3, -0.25) is 14.4 Å². The largest absolute Gasteiger partial charge is 0.481 e. The maximum atomic E-state index is 10.7. The van der Waals surface area contributed by atoms with Crippen molar-refractivity contribution in [2.45, 2.75) is 18.5 Å². The van der Waals surface area contributed by atoms with Crippen LogP contribution >= 0.6 is 0 Å². The first-order valence-corrected chi connectivity index (χ1v) is 5.21. The van der Waals surface area contributed by atoms with Gasteiger partial charge in [-0.05, 0) is 0 Å². The number of carboxylic acids is 3. The van der Waals surface area contributed by atoms with Gasteiger partial charge in [-0.1, -0.05) is 0 Å². The van der Waals surface area contributed by atoms with E-state index >= 15 is 0 Å². The molecule has 104 valence electrons. The summed E-state index contributed by atoms with van der Waals surface area (Å²) in [5, 5.41) is 30.9. The van der Waals surface area contributed by atoms with Crippen LogP contribution < -0.4 is 16.4 Å². The molecule has 0 aromatic carbocycles. The van der Waals surface area contributed by atoms with E-state index in [1.165, 1.54) is 0 Å². The fraction of sp³-hybridized carbons (Fsp3) is 0.667. The number of hydrogen-bond acceptors (Lipinski definition) is 6. The minimum atomic E-state index is -1.25. The van der Waals surface area contributed by atoms with Crippen molar-refractivity contribution in [3.05, 3.63) is 0 Å². The van der Waals surface area contributed by atoms with Crippen molar-refractivity contribution in [1.82, 2.24) is 10.6 Å². The third kappa shape index (κ3) is 7.54. The Hall–Kier alpha value is -1.71. The van der Waals surface area contributed by atoms with Crippen LogP contribution in [0.15, 0.2) is 0 Å². The summed E-state index contributed by atoms with van der Waals surface area (Å²) in [5.74, 6) is -3.60. The highest BCUT2D eigenvalue weighted by Gasteiger charge is 2.19. The Morgan fingerprint density at radius 1 is 1.06 bits per heavy atom. The lowest BCUT2D eigenvalue weighted by molar-refractivity contribution is -0.145. The van der Waals surface area contributed by atoms with Crippen molar-refractivity contribution < 1.29 is 29.7 Å². The summed E-state index contributed by atoms with van der Waals surface area (Å²) in [6, 6.07) is -2.20. The Morgan fingerprint density at radius 2 is 1.67 bits per heavy atom.